The van der Waals surface area contributed by atoms with Crippen LogP contribution in [0.3, 0.4) is 0 Å². The molecule has 174 valence electrons. The fraction of sp³-hybridized carbons (Fsp3) is 0.280. The monoisotopic (exact) mass is 460 g/mol. The fourth-order valence-corrected chi connectivity index (χ4v) is 4.46. The van der Waals surface area contributed by atoms with Crippen LogP contribution in [0.15, 0.2) is 54.6 Å². The maximum absolute atomic E-state index is 12.5. The standard InChI is InChI=1S/C25H24N4O5/c1-29-21(12-20(28-29)23(30)27-22(24(31)32)14-10-11-14)26-25(33)34-13-19-17-8-4-2-6-15(17)16-7-3-5-9-18(16)19/h2-9,12,14,19,22H,10-11,13H2,1H3,(H,26,33)(H,27,30)(H,31,32). The molecule has 2 aliphatic carbocycles. The summed E-state index contributed by atoms with van der Waals surface area (Å²) >= 11 is 0. The number of anilines is 1. The highest BCUT2D eigenvalue weighted by atomic mass is 16.5. The van der Waals surface area contributed by atoms with Crippen LogP contribution in [0.25, 0.3) is 11.1 Å². The molecule has 9 heteroatoms. The second kappa shape index (κ2) is 8.66. The molecule has 0 spiro atoms. The van der Waals surface area contributed by atoms with E-state index in [4.69, 9.17) is 4.74 Å². The lowest BCUT2D eigenvalue weighted by Gasteiger charge is -2.14. The van der Waals surface area contributed by atoms with Crippen molar-refractivity contribution in [1.29, 1.82) is 0 Å². The van der Waals surface area contributed by atoms with Gasteiger partial charge in [-0.25, -0.2) is 9.59 Å². The molecule has 5 rings (SSSR count). The molecule has 0 aliphatic heterocycles. The first-order chi connectivity index (χ1) is 16.4. The Morgan fingerprint density at radius 1 is 1.09 bits per heavy atom. The Balaban J connectivity index is 1.23. The molecule has 1 heterocycles. The molecule has 1 fully saturated rings. The highest BCUT2D eigenvalue weighted by Gasteiger charge is 2.38. The molecule has 3 aromatic rings. The molecule has 1 aromatic heterocycles. The number of benzene rings is 2. The summed E-state index contributed by atoms with van der Waals surface area (Å²) in [6, 6.07) is 16.6. The molecule has 1 unspecified atom stereocenters. The Bertz CT molecular complexity index is 1230. The minimum Gasteiger partial charge on any atom is -0.480 e. The number of rotatable bonds is 7. The van der Waals surface area contributed by atoms with Crippen molar-refractivity contribution in [2.75, 3.05) is 11.9 Å². The van der Waals surface area contributed by atoms with Crippen LogP contribution in [0.4, 0.5) is 10.6 Å². The lowest BCUT2D eigenvalue weighted by Crippen LogP contribution is -2.42. The Kier molecular flexibility index (Phi) is 5.53. The summed E-state index contributed by atoms with van der Waals surface area (Å²) in [7, 11) is 1.57. The maximum atomic E-state index is 12.5. The average molecular weight is 460 g/mol. The lowest BCUT2D eigenvalue weighted by molar-refractivity contribution is -0.139. The molecule has 34 heavy (non-hydrogen) atoms. The maximum Gasteiger partial charge on any atom is 0.412 e. The Labute approximate surface area is 195 Å². The smallest absolute Gasteiger partial charge is 0.412 e. The number of aromatic nitrogens is 2. The number of amides is 2. The Morgan fingerprint density at radius 3 is 2.29 bits per heavy atom. The zero-order chi connectivity index (χ0) is 23.8. The summed E-state index contributed by atoms with van der Waals surface area (Å²) in [5.74, 6) is -1.52. The molecule has 3 N–H and O–H groups in total. The van der Waals surface area contributed by atoms with Crippen molar-refractivity contribution in [1.82, 2.24) is 15.1 Å². The molecule has 9 nitrogen and oxygen atoms in total. The van der Waals surface area contributed by atoms with Crippen molar-refractivity contribution < 1.29 is 24.2 Å². The SMILES string of the molecule is Cn1nc(C(=O)NC(C(=O)O)C2CC2)cc1NC(=O)OCC1c2ccccc2-c2ccccc21. The van der Waals surface area contributed by atoms with Gasteiger partial charge < -0.3 is 15.2 Å². The number of aliphatic carboxylic acids is 1. The van der Waals surface area contributed by atoms with Gasteiger partial charge in [-0.2, -0.15) is 5.10 Å². The third-order valence-electron chi connectivity index (χ3n) is 6.33. The van der Waals surface area contributed by atoms with Gasteiger partial charge in [0.2, 0.25) is 0 Å². The van der Waals surface area contributed by atoms with E-state index in [1.54, 1.807) is 7.05 Å². The van der Waals surface area contributed by atoms with E-state index < -0.39 is 24.0 Å². The minimum absolute atomic E-state index is 0.0170. The van der Waals surface area contributed by atoms with Gasteiger partial charge in [-0.05, 0) is 41.0 Å². The number of fused-ring (bicyclic) bond motifs is 3. The summed E-state index contributed by atoms with van der Waals surface area (Å²) in [5, 5.41) is 18.5. The average Bonchev–Trinajstić information content (AvgIpc) is 3.53. The molecule has 2 aromatic carbocycles. The summed E-state index contributed by atoms with van der Waals surface area (Å²) in [4.78, 5) is 36.4. The van der Waals surface area contributed by atoms with Gasteiger partial charge in [0.05, 0.1) is 0 Å². The van der Waals surface area contributed by atoms with E-state index in [1.165, 1.54) is 10.7 Å². The second-order valence-electron chi connectivity index (χ2n) is 8.62. The Hall–Kier alpha value is -4.14. The van der Waals surface area contributed by atoms with Gasteiger partial charge in [0.25, 0.3) is 5.91 Å². The van der Waals surface area contributed by atoms with Gasteiger partial charge in [-0.1, -0.05) is 48.5 Å². The van der Waals surface area contributed by atoms with Gasteiger partial charge >= 0.3 is 12.1 Å². The van der Waals surface area contributed by atoms with Crippen molar-refractivity contribution in [2.24, 2.45) is 13.0 Å². The first kappa shape index (κ1) is 21.7. The topological polar surface area (TPSA) is 123 Å². The van der Waals surface area contributed by atoms with Crippen LogP contribution in [0, 0.1) is 5.92 Å². The van der Waals surface area contributed by atoms with E-state index in [0.29, 0.717) is 0 Å². The second-order valence-corrected chi connectivity index (χ2v) is 8.62. The summed E-state index contributed by atoms with van der Waals surface area (Å²) in [6.45, 7) is 0.159. The number of nitrogens with one attached hydrogen (secondary N) is 2. The quantitative estimate of drug-likeness (QED) is 0.497. The number of hydrogen-bond acceptors (Lipinski definition) is 5. The number of carboxylic acids is 1. The Morgan fingerprint density at radius 2 is 1.71 bits per heavy atom. The number of nitrogens with zero attached hydrogens (tertiary/aromatic N) is 2. The van der Waals surface area contributed by atoms with Gasteiger partial charge in [0.1, 0.15) is 18.5 Å². The molecular formula is C25H24N4O5. The van der Waals surface area contributed by atoms with Crippen molar-refractivity contribution >= 4 is 23.8 Å². The third kappa shape index (κ3) is 4.12. The van der Waals surface area contributed by atoms with Crippen LogP contribution in [-0.2, 0) is 16.6 Å². The molecule has 1 atom stereocenters. The minimum atomic E-state index is -1.07. The van der Waals surface area contributed by atoms with E-state index in [1.807, 2.05) is 36.4 Å². The third-order valence-corrected chi connectivity index (χ3v) is 6.33. The van der Waals surface area contributed by atoms with E-state index in [2.05, 4.69) is 27.9 Å². The van der Waals surface area contributed by atoms with Crippen LogP contribution in [-0.4, -0.2) is 45.5 Å². The molecule has 0 saturated heterocycles. The van der Waals surface area contributed by atoms with Crippen molar-refractivity contribution in [2.45, 2.75) is 24.8 Å². The summed E-state index contributed by atoms with van der Waals surface area (Å²) < 4.78 is 6.87. The number of hydrogen-bond donors (Lipinski definition) is 3. The van der Waals surface area contributed by atoms with Gasteiger partial charge in [-0.15, -0.1) is 0 Å². The van der Waals surface area contributed by atoms with Crippen LogP contribution < -0.4 is 10.6 Å². The molecule has 0 bridgehead atoms. The van der Waals surface area contributed by atoms with E-state index in [9.17, 15) is 19.5 Å². The first-order valence-electron chi connectivity index (χ1n) is 11.1. The normalized spacial score (nSPS) is 15.2. The number of aryl methyl sites for hydroxylation is 1. The van der Waals surface area contributed by atoms with Crippen molar-refractivity contribution in [3.63, 3.8) is 0 Å². The van der Waals surface area contributed by atoms with Crippen molar-refractivity contribution in [3.05, 3.63) is 71.4 Å². The molecule has 1 saturated carbocycles. The molecule has 0 radical (unpaired) electrons. The molecular weight excluding hydrogens is 436 g/mol. The molecule has 2 amide bonds. The first-order valence-corrected chi connectivity index (χ1v) is 11.1. The fourth-order valence-electron chi connectivity index (χ4n) is 4.46. The number of carbonyl (C=O) groups excluding carboxylic acids is 2. The summed E-state index contributed by atoms with van der Waals surface area (Å²) in [5.41, 5.74) is 4.52. The lowest BCUT2D eigenvalue weighted by atomic mass is 9.98. The summed E-state index contributed by atoms with van der Waals surface area (Å²) in [6.07, 6.45) is 0.875. The van der Waals surface area contributed by atoms with Crippen molar-refractivity contribution in [3.8, 4) is 11.1 Å². The highest BCUT2D eigenvalue weighted by molar-refractivity contribution is 5.96. The van der Waals surface area contributed by atoms with Gasteiger partial charge in [-0.3, -0.25) is 14.8 Å². The van der Waals surface area contributed by atoms with Crippen LogP contribution in [0.2, 0.25) is 0 Å². The molecule has 2 aliphatic rings. The number of carbonyl (C=O) groups is 3. The van der Waals surface area contributed by atoms with E-state index in [-0.39, 0.29) is 30.0 Å². The zero-order valence-corrected chi connectivity index (χ0v) is 18.5. The van der Waals surface area contributed by atoms with Gasteiger partial charge in [0, 0.05) is 19.0 Å². The van der Waals surface area contributed by atoms with Crippen LogP contribution in [0.5, 0.6) is 0 Å². The highest BCUT2D eigenvalue weighted by Crippen LogP contribution is 2.44. The van der Waals surface area contributed by atoms with E-state index in [0.717, 1.165) is 35.1 Å². The van der Waals surface area contributed by atoms with Gasteiger partial charge in [0.15, 0.2) is 5.69 Å². The van der Waals surface area contributed by atoms with E-state index >= 15 is 0 Å². The van der Waals surface area contributed by atoms with Crippen LogP contribution >= 0.6 is 0 Å². The largest absolute Gasteiger partial charge is 0.480 e. The van der Waals surface area contributed by atoms with Crippen LogP contribution in [0.1, 0.15) is 40.4 Å². The zero-order valence-electron chi connectivity index (χ0n) is 18.5. The predicted molar refractivity (Wildman–Crippen MR) is 124 cm³/mol. The number of ether oxygens (including phenoxy) is 1. The predicted octanol–water partition coefficient (Wildman–Crippen LogP) is 3.37. The number of carboxylic acid groups (broad SMARTS) is 1.